The Labute approximate surface area is 160 Å². The number of anilines is 1. The Hall–Kier alpha value is -3.13. The topological polar surface area (TPSA) is 82.4 Å². The maximum absolute atomic E-state index is 12.4. The van der Waals surface area contributed by atoms with E-state index in [-0.39, 0.29) is 23.5 Å². The van der Waals surface area contributed by atoms with Crippen molar-refractivity contribution in [3.8, 4) is 11.5 Å². The quantitative estimate of drug-likeness (QED) is 0.705. The highest BCUT2D eigenvalue weighted by Gasteiger charge is 2.14. The molecule has 1 N–H and O–H groups in total. The van der Waals surface area contributed by atoms with Gasteiger partial charge in [0.05, 0.1) is 19.0 Å². The average molecular weight is 385 g/mol. The number of amides is 1. The predicted octanol–water partition coefficient (Wildman–Crippen LogP) is 2.99. The van der Waals surface area contributed by atoms with Crippen molar-refractivity contribution in [3.05, 3.63) is 69.1 Å². The van der Waals surface area contributed by atoms with Crippen LogP contribution in [0, 0.1) is 6.92 Å². The minimum Gasteiger partial charge on any atom is -0.497 e. The van der Waals surface area contributed by atoms with Crippen LogP contribution in [-0.2, 0) is 13.7 Å². The van der Waals surface area contributed by atoms with Crippen molar-refractivity contribution >= 4 is 22.4 Å². The zero-order valence-electron chi connectivity index (χ0n) is 15.2. The monoisotopic (exact) mass is 385 g/mol. The fraction of sp³-hybridized carbons (Fsp3) is 0.211. The number of aryl methyl sites for hydroxylation is 2. The highest BCUT2D eigenvalue weighted by molar-refractivity contribution is 7.13. The predicted molar refractivity (Wildman–Crippen MR) is 104 cm³/mol. The number of carbonyl (C=O) groups excluding carboxylic acids is 1. The molecule has 140 valence electrons. The summed E-state index contributed by atoms with van der Waals surface area (Å²) in [5, 5.41) is 5.02. The average Bonchev–Trinajstić information content (AvgIpc) is 3.06. The third-order valence-corrected chi connectivity index (χ3v) is 4.68. The van der Waals surface area contributed by atoms with Gasteiger partial charge in [0.2, 0.25) is 5.43 Å². The lowest BCUT2D eigenvalue weighted by molar-refractivity contribution is 0.101. The minimum absolute atomic E-state index is 0.168. The molecular weight excluding hydrogens is 366 g/mol. The Morgan fingerprint density at radius 1 is 1.33 bits per heavy atom. The Morgan fingerprint density at radius 3 is 2.85 bits per heavy atom. The largest absolute Gasteiger partial charge is 0.497 e. The van der Waals surface area contributed by atoms with Gasteiger partial charge in [-0.2, -0.15) is 0 Å². The zero-order chi connectivity index (χ0) is 19.4. The van der Waals surface area contributed by atoms with Crippen molar-refractivity contribution < 1.29 is 14.3 Å². The molecule has 0 radical (unpaired) electrons. The molecule has 3 rings (SSSR count). The summed E-state index contributed by atoms with van der Waals surface area (Å²) >= 11 is 1.33. The highest BCUT2D eigenvalue weighted by atomic mass is 32.1. The summed E-state index contributed by atoms with van der Waals surface area (Å²) in [7, 11) is 3.27. The van der Waals surface area contributed by atoms with E-state index in [4.69, 9.17) is 9.47 Å². The molecule has 0 saturated carbocycles. The van der Waals surface area contributed by atoms with Crippen LogP contribution in [0.3, 0.4) is 0 Å². The first-order chi connectivity index (χ1) is 13.0. The van der Waals surface area contributed by atoms with E-state index in [1.54, 1.807) is 18.7 Å². The van der Waals surface area contributed by atoms with E-state index in [1.807, 2.05) is 36.6 Å². The second-order valence-corrected chi connectivity index (χ2v) is 6.74. The number of methoxy groups -OCH3 is 1. The van der Waals surface area contributed by atoms with E-state index in [0.29, 0.717) is 10.9 Å². The summed E-state index contributed by atoms with van der Waals surface area (Å²) < 4.78 is 12.4. The van der Waals surface area contributed by atoms with Crippen molar-refractivity contribution in [3.63, 3.8) is 0 Å². The van der Waals surface area contributed by atoms with Gasteiger partial charge in [-0.05, 0) is 24.6 Å². The van der Waals surface area contributed by atoms with E-state index in [9.17, 15) is 9.59 Å². The van der Waals surface area contributed by atoms with Gasteiger partial charge in [-0.15, -0.1) is 11.3 Å². The molecule has 0 aliphatic rings. The Kier molecular flexibility index (Phi) is 5.56. The molecule has 8 heteroatoms. The number of ether oxygens (including phenoxy) is 2. The van der Waals surface area contributed by atoms with Gasteiger partial charge in [0.1, 0.15) is 18.1 Å². The van der Waals surface area contributed by atoms with E-state index in [0.717, 1.165) is 11.3 Å². The fourth-order valence-electron chi connectivity index (χ4n) is 2.44. The van der Waals surface area contributed by atoms with Gasteiger partial charge >= 0.3 is 0 Å². The lowest BCUT2D eigenvalue weighted by atomic mass is 10.2. The zero-order valence-corrected chi connectivity index (χ0v) is 16.0. The first kappa shape index (κ1) is 18.7. The molecule has 0 bridgehead atoms. The molecule has 0 spiro atoms. The van der Waals surface area contributed by atoms with Gasteiger partial charge in [-0.1, -0.05) is 12.1 Å². The van der Waals surface area contributed by atoms with Crippen LogP contribution < -0.4 is 20.2 Å². The third kappa shape index (κ3) is 4.53. The van der Waals surface area contributed by atoms with E-state index >= 15 is 0 Å². The maximum Gasteiger partial charge on any atom is 0.274 e. The fourth-order valence-corrected chi connectivity index (χ4v) is 3.12. The standard InChI is InChI=1S/C19H19N3O4S/c1-12-11-27-19(20-12)21-18(24)15-8-16(23)17(9-22(15)2)26-10-13-5-4-6-14(7-13)25-3/h4-9,11H,10H2,1-3H3,(H,20,21,24). The van der Waals surface area contributed by atoms with Crippen LogP contribution in [0.4, 0.5) is 5.13 Å². The van der Waals surface area contributed by atoms with Crippen LogP contribution in [0.5, 0.6) is 11.5 Å². The summed E-state index contributed by atoms with van der Waals surface area (Å²) in [6, 6.07) is 8.66. The number of rotatable bonds is 6. The normalized spacial score (nSPS) is 10.5. The van der Waals surface area contributed by atoms with Crippen LogP contribution >= 0.6 is 11.3 Å². The summed E-state index contributed by atoms with van der Waals surface area (Å²) in [5.74, 6) is 0.485. The molecular formula is C19H19N3O4S. The van der Waals surface area contributed by atoms with Crippen molar-refractivity contribution in [1.82, 2.24) is 9.55 Å². The molecule has 2 heterocycles. The van der Waals surface area contributed by atoms with Gasteiger partial charge in [-0.25, -0.2) is 4.98 Å². The molecule has 0 aliphatic carbocycles. The minimum atomic E-state index is -0.400. The second-order valence-electron chi connectivity index (χ2n) is 5.89. The van der Waals surface area contributed by atoms with Gasteiger partial charge in [-0.3, -0.25) is 14.9 Å². The van der Waals surface area contributed by atoms with Crippen LogP contribution in [0.1, 0.15) is 21.7 Å². The highest BCUT2D eigenvalue weighted by Crippen LogP contribution is 2.17. The van der Waals surface area contributed by atoms with Crippen molar-refractivity contribution in [2.75, 3.05) is 12.4 Å². The molecule has 0 atom stereocenters. The molecule has 7 nitrogen and oxygen atoms in total. The summed E-state index contributed by atoms with van der Waals surface area (Å²) in [5.41, 5.74) is 1.56. The van der Waals surface area contributed by atoms with Crippen LogP contribution in [0.2, 0.25) is 0 Å². The van der Waals surface area contributed by atoms with E-state index < -0.39 is 5.91 Å². The molecule has 27 heavy (non-hydrogen) atoms. The van der Waals surface area contributed by atoms with Gasteiger partial charge in [0, 0.05) is 18.5 Å². The number of carbonyl (C=O) groups is 1. The van der Waals surface area contributed by atoms with Crippen LogP contribution in [0.25, 0.3) is 0 Å². The number of thiazole rings is 1. The van der Waals surface area contributed by atoms with Crippen molar-refractivity contribution in [1.29, 1.82) is 0 Å². The second kappa shape index (κ2) is 8.05. The van der Waals surface area contributed by atoms with Crippen molar-refractivity contribution in [2.24, 2.45) is 7.05 Å². The molecule has 0 unspecified atom stereocenters. The molecule has 1 aromatic carbocycles. The third-order valence-electron chi connectivity index (χ3n) is 3.80. The van der Waals surface area contributed by atoms with Crippen LogP contribution in [0.15, 0.2) is 46.7 Å². The van der Waals surface area contributed by atoms with Gasteiger partial charge in [0.15, 0.2) is 10.9 Å². The number of hydrogen-bond donors (Lipinski definition) is 1. The summed E-state index contributed by atoms with van der Waals surface area (Å²) in [4.78, 5) is 28.9. The number of benzene rings is 1. The molecule has 0 saturated heterocycles. The lowest BCUT2D eigenvalue weighted by Crippen LogP contribution is -2.21. The Balaban J connectivity index is 1.74. The summed E-state index contributed by atoms with van der Waals surface area (Å²) in [6.45, 7) is 2.06. The van der Waals surface area contributed by atoms with Gasteiger partial charge in [0.25, 0.3) is 5.91 Å². The Bertz CT molecular complexity index is 1030. The van der Waals surface area contributed by atoms with E-state index in [1.165, 1.54) is 23.6 Å². The van der Waals surface area contributed by atoms with Gasteiger partial charge < -0.3 is 14.0 Å². The smallest absolute Gasteiger partial charge is 0.274 e. The molecule has 1 amide bonds. The Morgan fingerprint density at radius 2 is 2.15 bits per heavy atom. The SMILES string of the molecule is COc1cccc(COc2cn(C)c(C(=O)Nc3nc(C)cs3)cc2=O)c1. The van der Waals surface area contributed by atoms with Crippen LogP contribution in [-0.4, -0.2) is 22.6 Å². The molecule has 2 aromatic heterocycles. The number of nitrogens with one attached hydrogen (secondary N) is 1. The first-order valence-electron chi connectivity index (χ1n) is 8.16. The number of pyridine rings is 1. The molecule has 0 fully saturated rings. The summed E-state index contributed by atoms with van der Waals surface area (Å²) in [6.07, 6.45) is 1.50. The molecule has 3 aromatic rings. The number of nitrogens with zero attached hydrogens (tertiary/aromatic N) is 2. The first-order valence-corrected chi connectivity index (χ1v) is 9.04. The molecule has 0 aliphatic heterocycles. The van der Waals surface area contributed by atoms with Crippen molar-refractivity contribution in [2.45, 2.75) is 13.5 Å². The number of hydrogen-bond acceptors (Lipinski definition) is 6. The lowest BCUT2D eigenvalue weighted by Gasteiger charge is -2.11. The van der Waals surface area contributed by atoms with E-state index in [2.05, 4.69) is 10.3 Å². The number of aromatic nitrogens is 2. The maximum atomic E-state index is 12.4.